The Kier molecular flexibility index (Phi) is 3.78. The van der Waals surface area contributed by atoms with E-state index < -0.39 is 0 Å². The van der Waals surface area contributed by atoms with Crippen LogP contribution < -0.4 is 0 Å². The van der Waals surface area contributed by atoms with Gasteiger partial charge in [-0.3, -0.25) is 9.48 Å². The second kappa shape index (κ2) is 5.98. The summed E-state index contributed by atoms with van der Waals surface area (Å²) in [5, 5.41) is 9.06. The van der Waals surface area contributed by atoms with Crippen molar-refractivity contribution in [2.24, 2.45) is 0 Å². The first-order valence-corrected chi connectivity index (χ1v) is 8.75. The summed E-state index contributed by atoms with van der Waals surface area (Å²) in [6, 6.07) is 4.02. The molecule has 1 aliphatic rings. The fraction of sp³-hybridized carbons (Fsp3) is 0.444. The lowest BCUT2D eigenvalue weighted by atomic mass is 9.92. The van der Waals surface area contributed by atoms with E-state index in [0.29, 0.717) is 17.4 Å². The molecule has 130 valence electrons. The number of fused-ring (bicyclic) bond motifs is 1. The Morgan fingerprint density at radius 2 is 2.16 bits per heavy atom. The molecule has 0 N–H and O–H groups in total. The van der Waals surface area contributed by atoms with Gasteiger partial charge >= 0.3 is 0 Å². The highest BCUT2D eigenvalue weighted by molar-refractivity contribution is 5.93. The van der Waals surface area contributed by atoms with Crippen LogP contribution in [0, 0.1) is 6.92 Å². The molecule has 0 spiro atoms. The van der Waals surface area contributed by atoms with Crippen molar-refractivity contribution < 1.29 is 4.79 Å². The lowest BCUT2D eigenvalue weighted by Gasteiger charge is -2.34. The highest BCUT2D eigenvalue weighted by Gasteiger charge is 2.28. The SMILES string of the molecule is CCn1cc(-c2ccnc3cc(C(=O)N(C)C4CCC4)nn23)c(C)n1. The fourth-order valence-corrected chi connectivity index (χ4v) is 3.26. The molecule has 0 saturated heterocycles. The Bertz CT molecular complexity index is 936. The maximum Gasteiger partial charge on any atom is 0.274 e. The number of amides is 1. The van der Waals surface area contributed by atoms with Crippen LogP contribution in [0.5, 0.6) is 0 Å². The van der Waals surface area contributed by atoms with E-state index in [-0.39, 0.29) is 5.91 Å². The van der Waals surface area contributed by atoms with E-state index in [1.807, 2.05) is 35.8 Å². The van der Waals surface area contributed by atoms with Gasteiger partial charge in [-0.2, -0.15) is 10.2 Å². The fourth-order valence-electron chi connectivity index (χ4n) is 3.26. The number of carbonyl (C=O) groups excluding carboxylic acids is 1. The molecule has 3 heterocycles. The summed E-state index contributed by atoms with van der Waals surface area (Å²) in [7, 11) is 1.86. The molecule has 0 atom stereocenters. The minimum Gasteiger partial charge on any atom is -0.337 e. The van der Waals surface area contributed by atoms with Gasteiger partial charge in [-0.1, -0.05) is 0 Å². The van der Waals surface area contributed by atoms with Gasteiger partial charge in [-0.15, -0.1) is 0 Å². The molecule has 3 aromatic heterocycles. The Balaban J connectivity index is 1.75. The molecule has 1 aliphatic carbocycles. The first-order chi connectivity index (χ1) is 12.1. The zero-order chi connectivity index (χ0) is 17.6. The van der Waals surface area contributed by atoms with Crippen LogP contribution >= 0.6 is 0 Å². The largest absolute Gasteiger partial charge is 0.337 e. The van der Waals surface area contributed by atoms with Crippen LogP contribution in [0.15, 0.2) is 24.5 Å². The topological polar surface area (TPSA) is 68.3 Å². The first kappa shape index (κ1) is 15.8. The average molecular weight is 338 g/mol. The number of hydrogen-bond donors (Lipinski definition) is 0. The van der Waals surface area contributed by atoms with E-state index in [0.717, 1.165) is 36.3 Å². The highest BCUT2D eigenvalue weighted by atomic mass is 16.2. The Labute approximate surface area is 146 Å². The van der Waals surface area contributed by atoms with Crippen LogP contribution in [0.3, 0.4) is 0 Å². The summed E-state index contributed by atoms with van der Waals surface area (Å²) in [4.78, 5) is 18.9. The monoisotopic (exact) mass is 338 g/mol. The van der Waals surface area contributed by atoms with Gasteiger partial charge in [0, 0.05) is 43.7 Å². The van der Waals surface area contributed by atoms with Crippen LogP contribution in [0.1, 0.15) is 42.4 Å². The number of rotatable bonds is 4. The van der Waals surface area contributed by atoms with Crippen molar-refractivity contribution >= 4 is 11.6 Å². The average Bonchev–Trinajstić information content (AvgIpc) is 3.15. The number of carbonyl (C=O) groups is 1. The maximum absolute atomic E-state index is 12.7. The molecule has 1 saturated carbocycles. The smallest absolute Gasteiger partial charge is 0.274 e. The molecule has 25 heavy (non-hydrogen) atoms. The van der Waals surface area contributed by atoms with Gasteiger partial charge in [0.2, 0.25) is 0 Å². The van der Waals surface area contributed by atoms with Gasteiger partial charge in [-0.05, 0) is 39.2 Å². The molecular weight excluding hydrogens is 316 g/mol. The van der Waals surface area contributed by atoms with Crippen molar-refractivity contribution in [3.8, 4) is 11.3 Å². The molecule has 1 fully saturated rings. The summed E-state index contributed by atoms with van der Waals surface area (Å²) in [5.74, 6) is -0.0397. The quantitative estimate of drug-likeness (QED) is 0.733. The predicted molar refractivity (Wildman–Crippen MR) is 94.4 cm³/mol. The Morgan fingerprint density at radius 1 is 1.36 bits per heavy atom. The molecule has 4 rings (SSSR count). The van der Waals surface area contributed by atoms with Crippen LogP contribution in [0.2, 0.25) is 0 Å². The summed E-state index contributed by atoms with van der Waals surface area (Å²) in [6.45, 7) is 4.84. The third kappa shape index (κ3) is 2.59. The van der Waals surface area contributed by atoms with E-state index in [1.54, 1.807) is 16.8 Å². The van der Waals surface area contributed by atoms with Crippen molar-refractivity contribution in [2.45, 2.75) is 45.7 Å². The van der Waals surface area contributed by atoms with Gasteiger partial charge in [0.25, 0.3) is 5.91 Å². The van der Waals surface area contributed by atoms with E-state index in [9.17, 15) is 4.79 Å². The normalized spacial score (nSPS) is 14.7. The van der Waals surface area contributed by atoms with Gasteiger partial charge in [-0.25, -0.2) is 9.50 Å². The standard InChI is InChI=1S/C18H22N6O/c1-4-23-11-14(12(2)20-23)16-8-9-19-17-10-15(21-24(16)17)18(25)22(3)13-6-5-7-13/h8-11,13H,4-7H2,1-3H3. The van der Waals surface area contributed by atoms with E-state index in [1.165, 1.54) is 6.42 Å². The summed E-state index contributed by atoms with van der Waals surface area (Å²) in [6.07, 6.45) is 7.11. The highest BCUT2D eigenvalue weighted by Crippen LogP contribution is 2.26. The molecule has 7 nitrogen and oxygen atoms in total. The van der Waals surface area contributed by atoms with Gasteiger partial charge < -0.3 is 4.90 Å². The number of aryl methyl sites for hydroxylation is 2. The molecular formula is C18H22N6O. The second-order valence-electron chi connectivity index (χ2n) is 6.61. The van der Waals surface area contributed by atoms with Crippen LogP contribution in [-0.2, 0) is 6.54 Å². The number of aromatic nitrogens is 5. The first-order valence-electron chi connectivity index (χ1n) is 8.75. The Hall–Kier alpha value is -2.70. The number of hydrogen-bond acceptors (Lipinski definition) is 4. The molecule has 0 bridgehead atoms. The third-order valence-corrected chi connectivity index (χ3v) is 5.07. The van der Waals surface area contributed by atoms with E-state index in [2.05, 4.69) is 22.1 Å². The van der Waals surface area contributed by atoms with E-state index in [4.69, 9.17) is 0 Å². The van der Waals surface area contributed by atoms with Gasteiger partial charge in [0.05, 0.1) is 11.4 Å². The molecule has 0 radical (unpaired) electrons. The summed E-state index contributed by atoms with van der Waals surface area (Å²) in [5.41, 5.74) is 3.95. The summed E-state index contributed by atoms with van der Waals surface area (Å²) >= 11 is 0. The van der Waals surface area contributed by atoms with Crippen molar-refractivity contribution in [3.05, 3.63) is 35.9 Å². The van der Waals surface area contributed by atoms with E-state index >= 15 is 0 Å². The molecule has 0 unspecified atom stereocenters. The summed E-state index contributed by atoms with van der Waals surface area (Å²) < 4.78 is 3.64. The predicted octanol–water partition coefficient (Wildman–Crippen LogP) is 2.55. The zero-order valence-corrected chi connectivity index (χ0v) is 14.8. The van der Waals surface area contributed by atoms with Crippen LogP contribution in [0.25, 0.3) is 16.9 Å². The lowest BCUT2D eigenvalue weighted by Crippen LogP contribution is -2.41. The molecule has 7 heteroatoms. The third-order valence-electron chi connectivity index (χ3n) is 5.07. The Morgan fingerprint density at radius 3 is 2.80 bits per heavy atom. The molecule has 1 amide bonds. The van der Waals surface area contributed by atoms with Crippen LogP contribution in [-0.4, -0.2) is 48.3 Å². The van der Waals surface area contributed by atoms with Crippen molar-refractivity contribution in [2.75, 3.05) is 7.05 Å². The van der Waals surface area contributed by atoms with Crippen LogP contribution in [0.4, 0.5) is 0 Å². The molecule has 3 aromatic rings. The van der Waals surface area contributed by atoms with Crippen molar-refractivity contribution in [1.82, 2.24) is 29.3 Å². The van der Waals surface area contributed by atoms with Gasteiger partial charge in [0.15, 0.2) is 11.3 Å². The second-order valence-corrected chi connectivity index (χ2v) is 6.61. The molecule has 0 aromatic carbocycles. The van der Waals surface area contributed by atoms with Crippen molar-refractivity contribution in [3.63, 3.8) is 0 Å². The minimum absolute atomic E-state index is 0.0397. The van der Waals surface area contributed by atoms with Gasteiger partial charge in [0.1, 0.15) is 0 Å². The van der Waals surface area contributed by atoms with Crippen molar-refractivity contribution in [1.29, 1.82) is 0 Å². The molecule has 0 aliphatic heterocycles. The number of nitrogens with zero attached hydrogens (tertiary/aromatic N) is 6. The maximum atomic E-state index is 12.7. The zero-order valence-electron chi connectivity index (χ0n) is 14.8. The lowest BCUT2D eigenvalue weighted by molar-refractivity contribution is 0.0645. The minimum atomic E-state index is -0.0397.